The molecule has 18 heavy (non-hydrogen) atoms. The fourth-order valence-corrected chi connectivity index (χ4v) is 15.0. The molecular weight excluding hydrogens is 280 g/mol. The Kier molecular flexibility index (Phi) is 4.71. The van der Waals surface area contributed by atoms with E-state index in [0.717, 1.165) is 0 Å². The van der Waals surface area contributed by atoms with Crippen LogP contribution in [0.1, 0.15) is 6.92 Å². The van der Waals surface area contributed by atoms with Gasteiger partial charge in [0.25, 0.3) is 0 Å². The van der Waals surface area contributed by atoms with Crippen LogP contribution in [0.5, 0.6) is 0 Å². The second kappa shape index (κ2) is 5.37. The molecule has 0 spiro atoms. The molecule has 1 saturated heterocycles. The fraction of sp³-hybridized carbons (Fsp3) is 0.455. The molecule has 0 N–H and O–H groups in total. The molecule has 7 heteroatoms. The quantitative estimate of drug-likeness (QED) is 0.578. The second-order valence-corrected chi connectivity index (χ2v) is 14.0. The van der Waals surface area contributed by atoms with E-state index in [1.54, 1.807) is 17.5 Å². The van der Waals surface area contributed by atoms with E-state index < -0.39 is 25.9 Å². The van der Waals surface area contributed by atoms with Crippen molar-refractivity contribution in [2.75, 3.05) is 0 Å². The van der Waals surface area contributed by atoms with E-state index in [2.05, 4.69) is 19.7 Å². The van der Waals surface area contributed by atoms with Gasteiger partial charge < -0.3 is 16.8 Å². The molecule has 0 saturated carbocycles. The summed E-state index contributed by atoms with van der Waals surface area (Å²) in [6.07, 6.45) is 1.60. The van der Waals surface area contributed by atoms with Crippen molar-refractivity contribution in [2.45, 2.75) is 32.7 Å². The van der Waals surface area contributed by atoms with E-state index in [1.165, 1.54) is 0 Å². The lowest BCUT2D eigenvalue weighted by atomic mass is 10.4. The topological polar surface area (TPSA) is 36.9 Å². The lowest BCUT2D eigenvalue weighted by Crippen LogP contribution is -2.68. The van der Waals surface area contributed by atoms with Gasteiger partial charge in [0.2, 0.25) is 0 Å². The third-order valence-electron chi connectivity index (χ3n) is 2.65. The van der Waals surface area contributed by atoms with Gasteiger partial charge in [0.05, 0.1) is 6.10 Å². The van der Waals surface area contributed by atoms with Crippen LogP contribution < -0.4 is 0 Å². The first-order valence-electron chi connectivity index (χ1n) is 5.88. The van der Waals surface area contributed by atoms with Crippen LogP contribution in [0.2, 0.25) is 19.6 Å². The Morgan fingerprint density at radius 1 is 0.944 bits per heavy atom. The summed E-state index contributed by atoms with van der Waals surface area (Å²) < 4.78 is 23.9. The molecule has 0 aromatic heterocycles. The minimum atomic E-state index is -2.75. The van der Waals surface area contributed by atoms with Crippen molar-refractivity contribution in [3.63, 3.8) is 0 Å². The van der Waals surface area contributed by atoms with Gasteiger partial charge in [-0.15, -0.1) is 19.7 Å². The normalized spacial score (nSPS) is 42.0. The molecule has 3 atom stereocenters. The molecule has 1 fully saturated rings. The smallest absolute Gasteiger partial charge is 0.410 e. The molecular formula is C11H22O4Si3. The fourth-order valence-electron chi connectivity index (χ4n) is 1.80. The van der Waals surface area contributed by atoms with E-state index >= 15 is 0 Å². The summed E-state index contributed by atoms with van der Waals surface area (Å²) in [5, 5.41) is 0. The Morgan fingerprint density at radius 3 is 1.72 bits per heavy atom. The highest BCUT2D eigenvalue weighted by atomic mass is 28.5. The van der Waals surface area contributed by atoms with Crippen molar-refractivity contribution < 1.29 is 16.8 Å². The van der Waals surface area contributed by atoms with Crippen LogP contribution in [0.15, 0.2) is 37.2 Å². The summed E-state index contributed by atoms with van der Waals surface area (Å²) in [5.41, 5.74) is 3.52. The van der Waals surface area contributed by atoms with Crippen LogP contribution >= 0.6 is 0 Å². The van der Waals surface area contributed by atoms with Gasteiger partial charge in [0.1, 0.15) is 0 Å². The molecule has 1 rings (SSSR count). The van der Waals surface area contributed by atoms with Crippen molar-refractivity contribution >= 4 is 25.9 Å². The minimum absolute atomic E-state index is 0.120. The zero-order valence-electron chi connectivity index (χ0n) is 11.6. The summed E-state index contributed by atoms with van der Waals surface area (Å²) in [7, 11) is -7.65. The van der Waals surface area contributed by atoms with E-state index in [0.29, 0.717) is 0 Å². The van der Waals surface area contributed by atoms with Gasteiger partial charge in [0.15, 0.2) is 0 Å². The van der Waals surface area contributed by atoms with Gasteiger partial charge >= 0.3 is 25.9 Å². The van der Waals surface area contributed by atoms with E-state index in [1.807, 2.05) is 26.6 Å². The molecule has 1 aliphatic rings. The maximum absolute atomic E-state index is 6.01. The lowest BCUT2D eigenvalue weighted by molar-refractivity contribution is 0.102. The Bertz CT molecular complexity index is 340. The maximum atomic E-state index is 6.01. The third-order valence-corrected chi connectivity index (χ3v) is 14.4. The average Bonchev–Trinajstić information content (AvgIpc) is 2.26. The first-order valence-corrected chi connectivity index (χ1v) is 12.9. The number of hydrogen-bond donors (Lipinski definition) is 0. The van der Waals surface area contributed by atoms with Crippen molar-refractivity contribution in [3.05, 3.63) is 37.2 Å². The average molecular weight is 303 g/mol. The SMILES string of the molecule is C=CC(C)O[Si]1(C)O[Si](C)(C=C)O[Si](C)(C=C)O1. The number of rotatable bonds is 5. The van der Waals surface area contributed by atoms with Gasteiger partial charge in [-0.2, -0.15) is 0 Å². The highest BCUT2D eigenvalue weighted by Gasteiger charge is 2.57. The molecule has 1 aliphatic heterocycles. The predicted octanol–water partition coefficient (Wildman–Crippen LogP) is 2.80. The molecule has 0 bridgehead atoms. The van der Waals surface area contributed by atoms with E-state index in [-0.39, 0.29) is 6.10 Å². The summed E-state index contributed by atoms with van der Waals surface area (Å²) in [5.74, 6) is 0. The van der Waals surface area contributed by atoms with Crippen molar-refractivity contribution in [2.24, 2.45) is 0 Å². The molecule has 102 valence electrons. The van der Waals surface area contributed by atoms with Crippen LogP contribution in [0, 0.1) is 0 Å². The minimum Gasteiger partial charge on any atom is -0.410 e. The first kappa shape index (κ1) is 15.8. The summed E-state index contributed by atoms with van der Waals surface area (Å²) in [6, 6.07) is 0. The largest absolute Gasteiger partial charge is 0.480 e. The number of hydrogen-bond acceptors (Lipinski definition) is 4. The Labute approximate surface area is 113 Å². The Morgan fingerprint density at radius 2 is 1.39 bits per heavy atom. The monoisotopic (exact) mass is 302 g/mol. The summed E-state index contributed by atoms with van der Waals surface area (Å²) in [6.45, 7) is 19.0. The molecule has 0 amide bonds. The zero-order valence-corrected chi connectivity index (χ0v) is 14.6. The van der Waals surface area contributed by atoms with E-state index in [4.69, 9.17) is 16.8 Å². The van der Waals surface area contributed by atoms with Crippen LogP contribution in [-0.4, -0.2) is 32.0 Å². The lowest BCUT2D eigenvalue weighted by Gasteiger charge is -2.47. The van der Waals surface area contributed by atoms with Crippen LogP contribution in [0.4, 0.5) is 0 Å². The maximum Gasteiger partial charge on any atom is 0.480 e. The van der Waals surface area contributed by atoms with Crippen molar-refractivity contribution in [1.29, 1.82) is 0 Å². The predicted molar refractivity (Wildman–Crippen MR) is 79.2 cm³/mol. The first-order chi connectivity index (χ1) is 8.20. The molecule has 4 nitrogen and oxygen atoms in total. The van der Waals surface area contributed by atoms with Crippen molar-refractivity contribution in [1.82, 2.24) is 0 Å². The van der Waals surface area contributed by atoms with Crippen LogP contribution in [0.25, 0.3) is 0 Å². The Balaban J connectivity index is 3.01. The van der Waals surface area contributed by atoms with Crippen LogP contribution in [0.3, 0.4) is 0 Å². The molecule has 3 unspecified atom stereocenters. The standard InChI is InChI=1S/C11H22O4Si3/c1-8-11(4)12-18(7)14-16(5,9-2)13-17(6,10-3)15-18/h8-11H,1-3H2,4-7H3. The highest BCUT2D eigenvalue weighted by Crippen LogP contribution is 2.32. The van der Waals surface area contributed by atoms with Gasteiger partial charge in [-0.3, -0.25) is 0 Å². The molecule has 1 heterocycles. The van der Waals surface area contributed by atoms with Crippen molar-refractivity contribution in [3.8, 4) is 0 Å². The highest BCUT2D eigenvalue weighted by molar-refractivity contribution is 6.95. The van der Waals surface area contributed by atoms with Gasteiger partial charge in [-0.1, -0.05) is 17.5 Å². The van der Waals surface area contributed by atoms with E-state index in [9.17, 15) is 0 Å². The third kappa shape index (κ3) is 3.60. The van der Waals surface area contributed by atoms with Crippen LogP contribution in [-0.2, 0) is 16.8 Å². The second-order valence-electron chi connectivity index (χ2n) is 4.67. The molecule has 0 aromatic carbocycles. The molecule has 0 radical (unpaired) electrons. The van der Waals surface area contributed by atoms with Gasteiger partial charge in [-0.25, -0.2) is 0 Å². The zero-order chi connectivity index (χ0) is 14.0. The molecule has 0 aromatic rings. The molecule has 0 aliphatic carbocycles. The summed E-state index contributed by atoms with van der Waals surface area (Å²) >= 11 is 0. The Hall–Kier alpha value is -0.289. The summed E-state index contributed by atoms with van der Waals surface area (Å²) in [4.78, 5) is 0. The van der Waals surface area contributed by atoms with Gasteiger partial charge in [-0.05, 0) is 20.0 Å². The van der Waals surface area contributed by atoms with Gasteiger partial charge in [0, 0.05) is 6.55 Å².